The molecule has 2 aliphatic rings. The van der Waals surface area contributed by atoms with Crippen molar-refractivity contribution in [3.63, 3.8) is 0 Å². The van der Waals surface area contributed by atoms with Gasteiger partial charge in [-0.15, -0.1) is 0 Å². The Hall–Kier alpha value is -3.00. The summed E-state index contributed by atoms with van der Waals surface area (Å²) in [4.78, 5) is 0. The van der Waals surface area contributed by atoms with E-state index < -0.39 is 21.5 Å². The molecule has 0 radical (unpaired) electrons. The van der Waals surface area contributed by atoms with Crippen LogP contribution in [0.5, 0.6) is 0 Å². The summed E-state index contributed by atoms with van der Waals surface area (Å²) in [5.41, 5.74) is 14.3. The molecular formula is C46H45Cl2SiZr. The van der Waals surface area contributed by atoms with Crippen LogP contribution in [-0.2, 0) is 15.6 Å². The van der Waals surface area contributed by atoms with Gasteiger partial charge in [0.2, 0.25) is 0 Å². The Balaban J connectivity index is 1.38. The average Bonchev–Trinajstić information content (AvgIpc) is 3.69. The third-order valence-electron chi connectivity index (χ3n) is 11.9. The van der Waals surface area contributed by atoms with Crippen LogP contribution in [0.4, 0.5) is 0 Å². The van der Waals surface area contributed by atoms with Crippen molar-refractivity contribution in [3.8, 4) is 22.3 Å². The number of halogens is 2. The van der Waals surface area contributed by atoms with Gasteiger partial charge in [0.05, 0.1) is 0 Å². The van der Waals surface area contributed by atoms with Gasteiger partial charge in [-0.3, -0.25) is 0 Å². The first-order valence-electron chi connectivity index (χ1n) is 18.0. The first-order chi connectivity index (χ1) is 23.8. The summed E-state index contributed by atoms with van der Waals surface area (Å²) in [6.45, 7) is 16.6. The minimum atomic E-state index is -4.97. The molecule has 0 nitrogen and oxygen atoms in total. The Kier molecular flexibility index (Phi) is 8.20. The Morgan fingerprint density at radius 2 is 1.08 bits per heavy atom. The fourth-order valence-electron chi connectivity index (χ4n) is 9.40. The quantitative estimate of drug-likeness (QED) is 0.153. The van der Waals surface area contributed by atoms with E-state index in [1.807, 2.05) is 0 Å². The van der Waals surface area contributed by atoms with E-state index in [1.54, 1.807) is 0 Å². The van der Waals surface area contributed by atoms with Crippen molar-refractivity contribution >= 4 is 56.6 Å². The topological polar surface area (TPSA) is 0 Å². The van der Waals surface area contributed by atoms with Crippen molar-refractivity contribution in [1.29, 1.82) is 0 Å². The molecule has 0 amide bonds. The average molecular weight is 788 g/mol. The molecule has 0 spiro atoms. The van der Waals surface area contributed by atoms with E-state index in [-0.39, 0.29) is 12.7 Å². The zero-order chi connectivity index (χ0) is 35.2. The first kappa shape index (κ1) is 34.1. The third kappa shape index (κ3) is 5.00. The summed E-state index contributed by atoms with van der Waals surface area (Å²) in [5.74, 6) is -1.71. The van der Waals surface area contributed by atoms with E-state index in [0.29, 0.717) is 0 Å². The molecule has 2 aliphatic carbocycles. The van der Waals surface area contributed by atoms with Crippen LogP contribution < -0.4 is 0 Å². The normalized spacial score (nSPS) is 18.2. The second-order valence-electron chi connectivity index (χ2n) is 16.1. The molecule has 6 aromatic carbocycles. The van der Waals surface area contributed by atoms with Gasteiger partial charge in [0.1, 0.15) is 0 Å². The maximum absolute atomic E-state index is 8.81. The van der Waals surface area contributed by atoms with Crippen LogP contribution in [0.3, 0.4) is 0 Å². The molecular weight excluding hydrogens is 743 g/mol. The van der Waals surface area contributed by atoms with Crippen LogP contribution in [0.25, 0.3) is 56.0 Å². The summed E-state index contributed by atoms with van der Waals surface area (Å²) in [7, 11) is 17.6. The number of hydrogen-bond acceptors (Lipinski definition) is 0. The number of allylic oxidation sites excluding steroid dienone is 2. The second kappa shape index (κ2) is 12.0. The molecule has 0 aromatic heterocycles. The molecule has 2 atom stereocenters. The Morgan fingerprint density at radius 3 is 1.66 bits per heavy atom. The summed E-state index contributed by atoms with van der Waals surface area (Å²) in [5, 5.41) is 5.07. The van der Waals surface area contributed by atoms with Crippen LogP contribution in [0, 0.1) is 12.3 Å². The Morgan fingerprint density at radius 1 is 0.560 bits per heavy atom. The molecule has 2 unspecified atom stereocenters. The standard InChI is InChI=1S/C23H21.C21H17.C2H7Si.2ClH.Zr/c1-23(2,3)18-14-17-10-7-13-21(22(17)15-18)20-12-6-9-16-8-4-5-11-19(16)20;1-14-12-20-15(2)10-11-19(21(20)13-14)18-9-5-7-16-6-3-4-8-17(16)18;1-3-2;;;/h4-15H,1-3H3;3-13H,1-2H3;3H,1-2H3;2*1H;/q;;;;;+2/p-2. The van der Waals surface area contributed by atoms with Crippen LogP contribution in [0.15, 0.2) is 126 Å². The van der Waals surface area contributed by atoms with Crippen molar-refractivity contribution < 1.29 is 15.6 Å². The molecule has 6 aromatic rings. The van der Waals surface area contributed by atoms with Crippen LogP contribution in [0.2, 0.25) is 13.1 Å². The summed E-state index contributed by atoms with van der Waals surface area (Å²) < 4.78 is 0.0653. The molecule has 0 saturated carbocycles. The number of hydrogen-bond donors (Lipinski definition) is 0. The summed E-state index contributed by atoms with van der Waals surface area (Å²) >= 11 is -4.97. The second-order valence-corrected chi connectivity index (χ2v) is 58.6. The SMILES string of the molecule is CC1=Cc2c(-c3cccc4ccccc34)ccc(C)c2[CH]1[Zr]([Cl])([Cl])([CH]1C(C(C)(C)C)=Cc2c(-c3cccc4ccccc34)cccc21)[SiH](C)C. The number of aryl methyl sites for hydroxylation is 1. The van der Waals surface area contributed by atoms with Crippen molar-refractivity contribution in [1.82, 2.24) is 0 Å². The van der Waals surface area contributed by atoms with Crippen molar-refractivity contribution in [2.75, 3.05) is 0 Å². The molecule has 8 rings (SSSR count). The monoisotopic (exact) mass is 785 g/mol. The predicted octanol–water partition coefficient (Wildman–Crippen LogP) is 14.3. The Bertz CT molecular complexity index is 2420. The van der Waals surface area contributed by atoms with Crippen molar-refractivity contribution in [2.45, 2.75) is 55.0 Å². The van der Waals surface area contributed by atoms with E-state index >= 15 is 0 Å². The van der Waals surface area contributed by atoms with E-state index in [4.69, 9.17) is 17.0 Å². The number of rotatable bonds is 5. The zero-order valence-corrected chi connectivity index (χ0v) is 35.2. The van der Waals surface area contributed by atoms with Crippen LogP contribution in [-0.4, -0.2) is 5.92 Å². The molecule has 0 saturated heterocycles. The molecule has 251 valence electrons. The van der Waals surface area contributed by atoms with Gasteiger partial charge in [-0.2, -0.15) is 0 Å². The molecule has 0 fully saturated rings. The summed E-state index contributed by atoms with van der Waals surface area (Å²) in [6.07, 6.45) is 4.95. The molecule has 4 heteroatoms. The van der Waals surface area contributed by atoms with Gasteiger partial charge in [0.15, 0.2) is 0 Å². The van der Waals surface area contributed by atoms with E-state index in [2.05, 4.69) is 175 Å². The maximum atomic E-state index is 8.81. The van der Waals surface area contributed by atoms with Crippen LogP contribution >= 0.6 is 17.0 Å². The molecule has 0 bridgehead atoms. The van der Waals surface area contributed by atoms with Crippen molar-refractivity contribution in [2.24, 2.45) is 5.41 Å². The minimum absolute atomic E-state index is 0.0243. The van der Waals surface area contributed by atoms with Gasteiger partial charge in [-0.1, -0.05) is 0 Å². The van der Waals surface area contributed by atoms with Gasteiger partial charge < -0.3 is 0 Å². The van der Waals surface area contributed by atoms with Crippen LogP contribution in [0.1, 0.15) is 62.8 Å². The van der Waals surface area contributed by atoms with Gasteiger partial charge in [0, 0.05) is 0 Å². The number of fused-ring (bicyclic) bond motifs is 4. The van der Waals surface area contributed by atoms with E-state index in [9.17, 15) is 0 Å². The Labute approximate surface area is 306 Å². The predicted molar refractivity (Wildman–Crippen MR) is 221 cm³/mol. The molecule has 0 aliphatic heterocycles. The van der Waals surface area contributed by atoms with Gasteiger partial charge in [-0.05, 0) is 0 Å². The van der Waals surface area contributed by atoms with E-state index in [0.717, 1.165) is 0 Å². The molecule has 0 heterocycles. The summed E-state index contributed by atoms with van der Waals surface area (Å²) in [6, 6.07) is 42.4. The van der Waals surface area contributed by atoms with Crippen molar-refractivity contribution in [3.05, 3.63) is 154 Å². The zero-order valence-electron chi connectivity index (χ0n) is 30.1. The van der Waals surface area contributed by atoms with E-state index in [1.165, 1.54) is 82.8 Å². The van der Waals surface area contributed by atoms with Gasteiger partial charge in [0.25, 0.3) is 0 Å². The fourth-order valence-corrected chi connectivity index (χ4v) is 41.6. The van der Waals surface area contributed by atoms with Gasteiger partial charge >= 0.3 is 309 Å². The number of benzene rings is 6. The third-order valence-corrected chi connectivity index (χ3v) is 63.8. The van der Waals surface area contributed by atoms with Gasteiger partial charge in [-0.25, -0.2) is 0 Å². The fraction of sp³-hybridized carbons (Fsp3) is 0.217. The molecule has 50 heavy (non-hydrogen) atoms. The molecule has 0 N–H and O–H groups in total. The first-order valence-corrected chi connectivity index (χ1v) is 34.3.